The summed E-state index contributed by atoms with van der Waals surface area (Å²) in [5, 5.41) is 2.86. The molecule has 1 amide bonds. The Morgan fingerprint density at radius 2 is 1.68 bits per heavy atom. The molecule has 2 fully saturated rings. The van der Waals surface area contributed by atoms with Gasteiger partial charge in [-0.3, -0.25) is 9.69 Å². The standard InChI is InChI=1S/C19H26F2N2O2/c1-13-2-6-15(7-3-13)23(16-8-9-16)12-18(24)22-14-4-10-17(11-5-14)25-19(20)21/h4-5,10-11,13,15-16,19H,2-3,6-9,12H2,1H3,(H,22,24). The molecule has 0 unspecified atom stereocenters. The van der Waals surface area contributed by atoms with Crippen molar-refractivity contribution in [3.8, 4) is 5.75 Å². The maximum atomic E-state index is 12.4. The van der Waals surface area contributed by atoms with E-state index in [0.717, 1.165) is 5.92 Å². The molecule has 0 aliphatic heterocycles. The molecule has 2 saturated carbocycles. The molecule has 0 aromatic heterocycles. The highest BCUT2D eigenvalue weighted by atomic mass is 19.3. The second-order valence-corrected chi connectivity index (χ2v) is 7.27. The van der Waals surface area contributed by atoms with Crippen LogP contribution in [0.2, 0.25) is 0 Å². The molecule has 25 heavy (non-hydrogen) atoms. The van der Waals surface area contributed by atoms with E-state index in [2.05, 4.69) is 21.9 Å². The highest BCUT2D eigenvalue weighted by molar-refractivity contribution is 5.92. The van der Waals surface area contributed by atoms with Crippen molar-refractivity contribution in [2.24, 2.45) is 5.92 Å². The highest BCUT2D eigenvalue weighted by Gasteiger charge is 2.36. The van der Waals surface area contributed by atoms with Gasteiger partial charge in [0.15, 0.2) is 0 Å². The minimum absolute atomic E-state index is 0.0481. The first-order chi connectivity index (χ1) is 12.0. The van der Waals surface area contributed by atoms with Gasteiger partial charge in [-0.1, -0.05) is 6.92 Å². The average Bonchev–Trinajstić information content (AvgIpc) is 3.40. The van der Waals surface area contributed by atoms with Crippen LogP contribution in [0.3, 0.4) is 0 Å². The zero-order valence-corrected chi connectivity index (χ0v) is 14.6. The van der Waals surface area contributed by atoms with Crippen LogP contribution in [0.1, 0.15) is 45.4 Å². The summed E-state index contributed by atoms with van der Waals surface area (Å²) < 4.78 is 28.6. The van der Waals surface area contributed by atoms with Crippen LogP contribution in [-0.2, 0) is 4.79 Å². The predicted molar refractivity (Wildman–Crippen MR) is 92.9 cm³/mol. The summed E-state index contributed by atoms with van der Waals surface area (Å²) in [4.78, 5) is 14.8. The van der Waals surface area contributed by atoms with E-state index < -0.39 is 6.61 Å². The summed E-state index contributed by atoms with van der Waals surface area (Å²) in [5.41, 5.74) is 0.597. The summed E-state index contributed by atoms with van der Waals surface area (Å²) in [7, 11) is 0. The van der Waals surface area contributed by atoms with E-state index >= 15 is 0 Å². The number of amides is 1. The number of anilines is 1. The van der Waals surface area contributed by atoms with Crippen molar-refractivity contribution in [1.29, 1.82) is 0 Å². The van der Waals surface area contributed by atoms with Gasteiger partial charge in [-0.2, -0.15) is 8.78 Å². The van der Waals surface area contributed by atoms with E-state index in [9.17, 15) is 13.6 Å². The number of carbonyl (C=O) groups is 1. The summed E-state index contributed by atoms with van der Waals surface area (Å²) in [5.74, 6) is 0.831. The molecule has 0 saturated heterocycles. The molecule has 1 aromatic carbocycles. The maximum absolute atomic E-state index is 12.4. The molecule has 0 spiro atoms. The molecule has 2 aliphatic carbocycles. The van der Waals surface area contributed by atoms with E-state index in [1.54, 1.807) is 12.1 Å². The maximum Gasteiger partial charge on any atom is 0.387 e. The van der Waals surface area contributed by atoms with Gasteiger partial charge in [0.25, 0.3) is 0 Å². The van der Waals surface area contributed by atoms with E-state index in [1.165, 1.54) is 50.7 Å². The molecule has 4 nitrogen and oxygen atoms in total. The van der Waals surface area contributed by atoms with Crippen molar-refractivity contribution in [1.82, 2.24) is 4.90 Å². The quantitative estimate of drug-likeness (QED) is 0.797. The fourth-order valence-electron chi connectivity index (χ4n) is 3.62. The van der Waals surface area contributed by atoms with Gasteiger partial charge in [0.05, 0.1) is 6.54 Å². The normalized spacial score (nSPS) is 23.7. The molecular weight excluding hydrogens is 326 g/mol. The van der Waals surface area contributed by atoms with Crippen LogP contribution in [0.5, 0.6) is 5.75 Å². The van der Waals surface area contributed by atoms with Crippen molar-refractivity contribution >= 4 is 11.6 Å². The molecule has 0 atom stereocenters. The Bertz CT molecular complexity index is 567. The van der Waals surface area contributed by atoms with Crippen LogP contribution in [0.4, 0.5) is 14.5 Å². The molecule has 138 valence electrons. The minimum atomic E-state index is -2.84. The largest absolute Gasteiger partial charge is 0.435 e. The lowest BCUT2D eigenvalue weighted by Gasteiger charge is -2.36. The Labute approximate surface area is 147 Å². The van der Waals surface area contributed by atoms with E-state index in [1.807, 2.05) is 0 Å². The lowest BCUT2D eigenvalue weighted by Crippen LogP contribution is -2.44. The molecule has 3 rings (SSSR count). The second-order valence-electron chi connectivity index (χ2n) is 7.27. The number of nitrogens with one attached hydrogen (secondary N) is 1. The van der Waals surface area contributed by atoms with Gasteiger partial charge >= 0.3 is 6.61 Å². The number of ether oxygens (including phenoxy) is 1. The SMILES string of the molecule is CC1CCC(N(CC(=O)Nc2ccc(OC(F)F)cc2)C2CC2)CC1. The molecule has 6 heteroatoms. The Morgan fingerprint density at radius 1 is 1.12 bits per heavy atom. The van der Waals surface area contributed by atoms with E-state index in [0.29, 0.717) is 24.3 Å². The highest BCUT2D eigenvalue weighted by Crippen LogP contribution is 2.35. The fourth-order valence-corrected chi connectivity index (χ4v) is 3.62. The molecular formula is C19H26F2N2O2. The first-order valence-corrected chi connectivity index (χ1v) is 9.11. The average molecular weight is 352 g/mol. The smallest absolute Gasteiger partial charge is 0.387 e. The molecule has 1 aromatic rings. The van der Waals surface area contributed by atoms with E-state index in [-0.39, 0.29) is 11.7 Å². The summed E-state index contributed by atoms with van der Waals surface area (Å²) in [6.07, 6.45) is 7.18. The first-order valence-electron chi connectivity index (χ1n) is 9.11. The number of carbonyl (C=O) groups excluding carboxylic acids is 1. The van der Waals surface area contributed by atoms with Crippen molar-refractivity contribution in [3.05, 3.63) is 24.3 Å². The Kier molecular flexibility index (Phi) is 5.89. The molecule has 0 bridgehead atoms. The third-order valence-corrected chi connectivity index (χ3v) is 5.16. The topological polar surface area (TPSA) is 41.6 Å². The zero-order valence-electron chi connectivity index (χ0n) is 14.6. The van der Waals surface area contributed by atoms with Gasteiger partial charge < -0.3 is 10.1 Å². The predicted octanol–water partition coefficient (Wildman–Crippen LogP) is 4.27. The lowest BCUT2D eigenvalue weighted by atomic mass is 9.86. The summed E-state index contributed by atoms with van der Waals surface area (Å²) in [6, 6.07) is 7.09. The van der Waals surface area contributed by atoms with Crippen molar-refractivity contribution in [3.63, 3.8) is 0 Å². The second kappa shape index (κ2) is 8.13. The van der Waals surface area contributed by atoms with Gasteiger partial charge in [0.2, 0.25) is 5.91 Å². The van der Waals surface area contributed by atoms with Crippen LogP contribution in [0.15, 0.2) is 24.3 Å². The third-order valence-electron chi connectivity index (χ3n) is 5.16. The summed E-state index contributed by atoms with van der Waals surface area (Å²) >= 11 is 0. The van der Waals surface area contributed by atoms with Gasteiger partial charge in [0.1, 0.15) is 5.75 Å². The van der Waals surface area contributed by atoms with Crippen LogP contribution in [0, 0.1) is 5.92 Å². The first kappa shape index (κ1) is 18.1. The van der Waals surface area contributed by atoms with Crippen molar-refractivity contribution < 1.29 is 18.3 Å². The number of rotatable bonds is 7. The third kappa shape index (κ3) is 5.39. The fraction of sp³-hybridized carbons (Fsp3) is 0.632. The van der Waals surface area contributed by atoms with Crippen LogP contribution < -0.4 is 10.1 Å². The number of alkyl halides is 2. The Balaban J connectivity index is 1.53. The molecule has 0 radical (unpaired) electrons. The van der Waals surface area contributed by atoms with Crippen LogP contribution >= 0.6 is 0 Å². The van der Waals surface area contributed by atoms with Gasteiger partial charge in [-0.25, -0.2) is 0 Å². The molecule has 1 N–H and O–H groups in total. The van der Waals surface area contributed by atoms with Crippen LogP contribution in [0.25, 0.3) is 0 Å². The Hall–Kier alpha value is -1.69. The summed E-state index contributed by atoms with van der Waals surface area (Å²) in [6.45, 7) is -0.143. The van der Waals surface area contributed by atoms with Crippen molar-refractivity contribution in [2.75, 3.05) is 11.9 Å². The number of nitrogens with zero attached hydrogens (tertiary/aromatic N) is 1. The number of benzene rings is 1. The molecule has 2 aliphatic rings. The van der Waals surface area contributed by atoms with Crippen LogP contribution in [-0.4, -0.2) is 36.0 Å². The minimum Gasteiger partial charge on any atom is -0.435 e. The number of hydrogen-bond acceptors (Lipinski definition) is 3. The van der Waals surface area contributed by atoms with E-state index in [4.69, 9.17) is 0 Å². The Morgan fingerprint density at radius 3 is 2.20 bits per heavy atom. The van der Waals surface area contributed by atoms with Gasteiger partial charge in [-0.05, 0) is 68.7 Å². The molecule has 0 heterocycles. The van der Waals surface area contributed by atoms with Crippen molar-refractivity contribution in [2.45, 2.75) is 64.1 Å². The number of halogens is 2. The lowest BCUT2D eigenvalue weighted by molar-refractivity contribution is -0.118. The monoisotopic (exact) mass is 352 g/mol. The number of hydrogen-bond donors (Lipinski definition) is 1. The van der Waals surface area contributed by atoms with Gasteiger partial charge in [0, 0.05) is 17.8 Å². The zero-order chi connectivity index (χ0) is 17.8. The van der Waals surface area contributed by atoms with Gasteiger partial charge in [-0.15, -0.1) is 0 Å².